The van der Waals surface area contributed by atoms with Gasteiger partial charge in [0.2, 0.25) is 0 Å². The summed E-state index contributed by atoms with van der Waals surface area (Å²) in [7, 11) is 1.56. The maximum absolute atomic E-state index is 13.6. The fourth-order valence-electron chi connectivity index (χ4n) is 3.89. The fraction of sp³-hybridized carbons (Fsp3) is 0.0769. The van der Waals surface area contributed by atoms with Gasteiger partial charge in [-0.2, -0.15) is 0 Å². The molecular formula is C26H18FNO5S. The second-order valence-corrected chi connectivity index (χ2v) is 8.67. The van der Waals surface area contributed by atoms with Crippen molar-refractivity contribution in [3.8, 4) is 11.5 Å². The average Bonchev–Trinajstić information content (AvgIpc) is 2.84. The van der Waals surface area contributed by atoms with Crippen LogP contribution in [0.25, 0.3) is 21.9 Å². The number of ether oxygens (including phenoxy) is 1. The summed E-state index contributed by atoms with van der Waals surface area (Å²) in [5.41, 5.74) is 0.0508. The van der Waals surface area contributed by atoms with Crippen LogP contribution in [0.4, 0.5) is 4.39 Å². The highest BCUT2D eigenvalue weighted by molar-refractivity contribution is 7.99. The van der Waals surface area contributed by atoms with Gasteiger partial charge in [0, 0.05) is 10.3 Å². The molecule has 0 spiro atoms. The number of methoxy groups -OCH3 is 1. The van der Waals surface area contributed by atoms with E-state index >= 15 is 0 Å². The first-order valence-corrected chi connectivity index (χ1v) is 11.2. The Labute approximate surface area is 196 Å². The van der Waals surface area contributed by atoms with Gasteiger partial charge in [0.25, 0.3) is 5.56 Å². The smallest absolute Gasteiger partial charge is 0.354 e. The highest BCUT2D eigenvalue weighted by Crippen LogP contribution is 2.37. The standard InChI is InChI=1S/C26H18FNO5S/c1-32-17-8-4-6-15(12-17)14-28-20-11-3-2-10-19(20)23-21(25(28)30)22(29)24(26(31)33-23)34-18-9-5-7-16(27)13-18/h2-13,29H,14H2,1H3. The highest BCUT2D eigenvalue weighted by atomic mass is 32.2. The van der Waals surface area contributed by atoms with Gasteiger partial charge < -0.3 is 18.8 Å². The predicted molar refractivity (Wildman–Crippen MR) is 129 cm³/mol. The molecule has 0 fully saturated rings. The molecule has 8 heteroatoms. The molecule has 0 aliphatic rings. The van der Waals surface area contributed by atoms with Crippen LogP contribution in [0.1, 0.15) is 5.56 Å². The zero-order valence-electron chi connectivity index (χ0n) is 17.9. The molecule has 2 heterocycles. The monoisotopic (exact) mass is 475 g/mol. The number of halogens is 1. The number of hydrogen-bond acceptors (Lipinski definition) is 6. The van der Waals surface area contributed by atoms with Crippen LogP contribution in [0.3, 0.4) is 0 Å². The third-order valence-corrected chi connectivity index (χ3v) is 6.50. The predicted octanol–water partition coefficient (Wildman–Crippen LogP) is 5.16. The third kappa shape index (κ3) is 3.82. The van der Waals surface area contributed by atoms with Crippen LogP contribution in [0.15, 0.2) is 96.6 Å². The van der Waals surface area contributed by atoms with Gasteiger partial charge >= 0.3 is 5.63 Å². The first-order chi connectivity index (χ1) is 16.5. The molecule has 0 aliphatic carbocycles. The van der Waals surface area contributed by atoms with Gasteiger partial charge in [0.15, 0.2) is 11.3 Å². The van der Waals surface area contributed by atoms with Crippen LogP contribution in [-0.4, -0.2) is 16.8 Å². The maximum Gasteiger partial charge on any atom is 0.354 e. The van der Waals surface area contributed by atoms with Crippen LogP contribution in [0, 0.1) is 5.82 Å². The molecule has 5 aromatic rings. The minimum Gasteiger partial charge on any atom is -0.505 e. The van der Waals surface area contributed by atoms with E-state index in [9.17, 15) is 19.1 Å². The van der Waals surface area contributed by atoms with Crippen molar-refractivity contribution < 1.29 is 18.7 Å². The minimum atomic E-state index is -0.811. The molecule has 2 aromatic heterocycles. The van der Waals surface area contributed by atoms with E-state index in [2.05, 4.69) is 0 Å². The van der Waals surface area contributed by atoms with Crippen molar-refractivity contribution in [2.45, 2.75) is 16.3 Å². The molecule has 1 N–H and O–H groups in total. The molecule has 0 aliphatic heterocycles. The summed E-state index contributed by atoms with van der Waals surface area (Å²) in [6, 6.07) is 19.9. The van der Waals surface area contributed by atoms with Gasteiger partial charge in [-0.1, -0.05) is 42.1 Å². The molecule has 0 saturated carbocycles. The van der Waals surface area contributed by atoms with E-state index in [1.54, 1.807) is 43.5 Å². The molecule has 0 amide bonds. The molecule has 0 radical (unpaired) electrons. The van der Waals surface area contributed by atoms with Crippen molar-refractivity contribution in [2.24, 2.45) is 0 Å². The molecule has 0 atom stereocenters. The van der Waals surface area contributed by atoms with Gasteiger partial charge in [0.05, 0.1) is 19.2 Å². The highest BCUT2D eigenvalue weighted by Gasteiger charge is 2.22. The number of benzene rings is 3. The number of aromatic hydroxyl groups is 1. The maximum atomic E-state index is 13.6. The van der Waals surface area contributed by atoms with Crippen LogP contribution in [0.2, 0.25) is 0 Å². The summed E-state index contributed by atoms with van der Waals surface area (Å²) in [6.45, 7) is 0.206. The van der Waals surface area contributed by atoms with Crippen molar-refractivity contribution in [3.63, 3.8) is 0 Å². The number of para-hydroxylation sites is 1. The molecule has 170 valence electrons. The Morgan fingerprint density at radius 3 is 2.62 bits per heavy atom. The van der Waals surface area contributed by atoms with Gasteiger partial charge in [-0.15, -0.1) is 0 Å². The van der Waals surface area contributed by atoms with E-state index in [1.165, 1.54) is 22.8 Å². The summed E-state index contributed by atoms with van der Waals surface area (Å²) in [5, 5.41) is 11.5. The topological polar surface area (TPSA) is 81.7 Å². The second-order valence-electron chi connectivity index (χ2n) is 7.59. The van der Waals surface area contributed by atoms with Crippen molar-refractivity contribution in [2.75, 3.05) is 7.11 Å². The largest absolute Gasteiger partial charge is 0.505 e. The summed E-state index contributed by atoms with van der Waals surface area (Å²) in [4.78, 5) is 26.6. The van der Waals surface area contributed by atoms with Crippen molar-refractivity contribution in [1.82, 2.24) is 4.57 Å². The molecule has 34 heavy (non-hydrogen) atoms. The van der Waals surface area contributed by atoms with Crippen LogP contribution in [0.5, 0.6) is 11.5 Å². The lowest BCUT2D eigenvalue weighted by molar-refractivity contribution is 0.414. The van der Waals surface area contributed by atoms with Crippen molar-refractivity contribution >= 4 is 33.6 Å². The Hall–Kier alpha value is -4.04. The first-order valence-electron chi connectivity index (χ1n) is 10.3. The lowest BCUT2D eigenvalue weighted by Gasteiger charge is -2.14. The van der Waals surface area contributed by atoms with Gasteiger partial charge in [0.1, 0.15) is 21.8 Å². The van der Waals surface area contributed by atoms with Crippen molar-refractivity contribution in [3.05, 3.63) is 105 Å². The molecule has 3 aromatic carbocycles. The van der Waals surface area contributed by atoms with E-state index in [0.29, 0.717) is 21.5 Å². The number of nitrogens with zero attached hydrogens (tertiary/aromatic N) is 1. The van der Waals surface area contributed by atoms with E-state index in [0.717, 1.165) is 17.3 Å². The van der Waals surface area contributed by atoms with Gasteiger partial charge in [-0.05, 0) is 48.0 Å². The molecule has 6 nitrogen and oxygen atoms in total. The van der Waals surface area contributed by atoms with Gasteiger partial charge in [-0.25, -0.2) is 9.18 Å². The van der Waals surface area contributed by atoms with E-state index in [1.807, 2.05) is 18.2 Å². The number of fused-ring (bicyclic) bond motifs is 3. The summed E-state index contributed by atoms with van der Waals surface area (Å²) in [6.07, 6.45) is 0. The van der Waals surface area contributed by atoms with Gasteiger partial charge in [-0.3, -0.25) is 4.79 Å². The average molecular weight is 475 g/mol. The minimum absolute atomic E-state index is 0.00795. The van der Waals surface area contributed by atoms with Crippen LogP contribution < -0.4 is 15.9 Å². The Kier molecular flexibility index (Phi) is 5.59. The number of pyridine rings is 1. The first kappa shape index (κ1) is 21.8. The van der Waals surface area contributed by atoms with Crippen molar-refractivity contribution in [1.29, 1.82) is 0 Å². The summed E-state index contributed by atoms with van der Waals surface area (Å²) in [5.74, 6) is -0.324. The Balaban J connectivity index is 1.76. The van der Waals surface area contributed by atoms with E-state index < -0.39 is 22.8 Å². The van der Waals surface area contributed by atoms with E-state index in [-0.39, 0.29) is 22.4 Å². The number of rotatable bonds is 5. The molecule has 0 saturated heterocycles. The zero-order valence-corrected chi connectivity index (χ0v) is 18.8. The second kappa shape index (κ2) is 8.72. The summed E-state index contributed by atoms with van der Waals surface area (Å²) < 4.78 is 26.0. The van der Waals surface area contributed by atoms with Crippen LogP contribution in [-0.2, 0) is 6.54 Å². The summed E-state index contributed by atoms with van der Waals surface area (Å²) >= 11 is 0.838. The molecule has 0 bridgehead atoms. The quantitative estimate of drug-likeness (QED) is 0.354. The third-order valence-electron chi connectivity index (χ3n) is 5.45. The normalized spacial score (nSPS) is 11.2. The molecule has 0 unspecified atom stereocenters. The molecule has 5 rings (SSSR count). The van der Waals surface area contributed by atoms with E-state index in [4.69, 9.17) is 9.15 Å². The SMILES string of the molecule is COc1cccc(Cn2c(=O)c3c(O)c(Sc4cccc(F)c4)c(=O)oc3c3ccccc32)c1. The Bertz CT molecular complexity index is 1670. The number of hydrogen-bond donors (Lipinski definition) is 1. The zero-order chi connectivity index (χ0) is 23.8. The lowest BCUT2D eigenvalue weighted by atomic mass is 10.1. The number of aromatic nitrogens is 1. The van der Waals surface area contributed by atoms with Crippen LogP contribution >= 0.6 is 11.8 Å². The fourth-order valence-corrected chi connectivity index (χ4v) is 4.77. The Morgan fingerprint density at radius 2 is 1.82 bits per heavy atom. The molecular weight excluding hydrogens is 457 g/mol. The Morgan fingerprint density at radius 1 is 1.03 bits per heavy atom. The lowest BCUT2D eigenvalue weighted by Crippen LogP contribution is -2.22.